The van der Waals surface area contributed by atoms with Gasteiger partial charge < -0.3 is 9.47 Å². The van der Waals surface area contributed by atoms with E-state index in [9.17, 15) is 9.59 Å². The van der Waals surface area contributed by atoms with E-state index in [-0.39, 0.29) is 11.1 Å². The molecule has 0 atom stereocenters. The summed E-state index contributed by atoms with van der Waals surface area (Å²) in [6.45, 7) is 3.82. The Morgan fingerprint density at radius 1 is 0.962 bits per heavy atom. The van der Waals surface area contributed by atoms with Gasteiger partial charge in [-0.05, 0) is 66.6 Å². The first-order chi connectivity index (χ1) is 12.4. The number of imide groups is 1. The number of ether oxygens (including phenoxy) is 2. The van der Waals surface area contributed by atoms with Crippen molar-refractivity contribution in [1.82, 2.24) is 0 Å². The highest BCUT2D eigenvalue weighted by atomic mass is 32.2. The lowest BCUT2D eigenvalue weighted by Gasteiger charge is -2.16. The highest BCUT2D eigenvalue weighted by Crippen LogP contribution is 2.38. The number of methoxy groups -OCH3 is 2. The van der Waals surface area contributed by atoms with Crippen molar-refractivity contribution in [2.24, 2.45) is 0 Å². The number of carbonyl (C=O) groups is 2. The van der Waals surface area contributed by atoms with Crippen LogP contribution in [0, 0.1) is 13.8 Å². The fourth-order valence-electron chi connectivity index (χ4n) is 2.73. The number of anilines is 1. The standard InChI is InChI=1S/C20H19NO4S/c1-12-5-6-13(2)15(9-12)21-19(22)18(26-20(21)23)11-14-7-8-16(24-3)17(10-14)25-4/h5-11H,1-4H3/b18-11-. The zero-order valence-electron chi connectivity index (χ0n) is 15.0. The van der Waals surface area contributed by atoms with Crippen LogP contribution >= 0.6 is 11.8 Å². The number of benzene rings is 2. The maximum Gasteiger partial charge on any atom is 0.298 e. The quantitative estimate of drug-likeness (QED) is 0.740. The molecule has 6 heteroatoms. The van der Waals surface area contributed by atoms with E-state index in [1.807, 2.05) is 38.1 Å². The van der Waals surface area contributed by atoms with E-state index in [0.717, 1.165) is 28.5 Å². The van der Waals surface area contributed by atoms with E-state index >= 15 is 0 Å². The Hall–Kier alpha value is -2.73. The van der Waals surface area contributed by atoms with Crippen molar-refractivity contribution >= 4 is 34.7 Å². The van der Waals surface area contributed by atoms with Gasteiger partial charge in [0.25, 0.3) is 11.1 Å². The topological polar surface area (TPSA) is 55.8 Å². The number of amides is 2. The fourth-order valence-corrected chi connectivity index (χ4v) is 3.56. The third kappa shape index (κ3) is 3.32. The number of carbonyl (C=O) groups excluding carboxylic acids is 2. The predicted octanol–water partition coefficient (Wildman–Crippen LogP) is 4.56. The molecular formula is C20H19NO4S. The molecule has 1 saturated heterocycles. The molecular weight excluding hydrogens is 350 g/mol. The average molecular weight is 369 g/mol. The van der Waals surface area contributed by atoms with Gasteiger partial charge in [-0.3, -0.25) is 9.59 Å². The minimum Gasteiger partial charge on any atom is -0.493 e. The van der Waals surface area contributed by atoms with Crippen molar-refractivity contribution in [1.29, 1.82) is 0 Å². The van der Waals surface area contributed by atoms with Gasteiger partial charge in [-0.25, -0.2) is 4.90 Å². The molecule has 0 radical (unpaired) electrons. The molecule has 0 aliphatic carbocycles. The largest absolute Gasteiger partial charge is 0.493 e. The molecule has 2 aromatic carbocycles. The number of thioether (sulfide) groups is 1. The van der Waals surface area contributed by atoms with Crippen LogP contribution in [0.25, 0.3) is 6.08 Å². The second-order valence-electron chi connectivity index (χ2n) is 5.92. The maximum atomic E-state index is 12.8. The first-order valence-electron chi connectivity index (χ1n) is 8.02. The molecule has 3 rings (SSSR count). The SMILES string of the molecule is COc1ccc(/C=C2\SC(=O)N(c3cc(C)ccc3C)C2=O)cc1OC. The summed E-state index contributed by atoms with van der Waals surface area (Å²) in [6.07, 6.45) is 1.69. The summed E-state index contributed by atoms with van der Waals surface area (Å²) in [7, 11) is 3.11. The number of aryl methyl sites for hydroxylation is 2. The molecule has 0 saturated carbocycles. The van der Waals surface area contributed by atoms with Gasteiger partial charge >= 0.3 is 0 Å². The second-order valence-corrected chi connectivity index (χ2v) is 6.91. The van der Waals surface area contributed by atoms with Crippen LogP contribution in [0.15, 0.2) is 41.3 Å². The van der Waals surface area contributed by atoms with Gasteiger partial charge in [-0.2, -0.15) is 0 Å². The number of hydrogen-bond acceptors (Lipinski definition) is 5. The van der Waals surface area contributed by atoms with E-state index in [2.05, 4.69) is 0 Å². The van der Waals surface area contributed by atoms with E-state index in [1.165, 1.54) is 4.90 Å². The minimum atomic E-state index is -0.316. The highest BCUT2D eigenvalue weighted by Gasteiger charge is 2.37. The molecule has 0 spiro atoms. The molecule has 0 bridgehead atoms. The fraction of sp³-hybridized carbons (Fsp3) is 0.200. The second kappa shape index (κ2) is 7.25. The van der Waals surface area contributed by atoms with Crippen molar-refractivity contribution in [2.45, 2.75) is 13.8 Å². The Labute approximate surface area is 156 Å². The molecule has 0 aromatic heterocycles. The van der Waals surface area contributed by atoms with Crippen molar-refractivity contribution in [2.75, 3.05) is 19.1 Å². The predicted molar refractivity (Wildman–Crippen MR) is 104 cm³/mol. The van der Waals surface area contributed by atoms with Crippen LogP contribution in [0.4, 0.5) is 10.5 Å². The Bertz CT molecular complexity index is 920. The molecule has 1 aliphatic rings. The summed E-state index contributed by atoms with van der Waals surface area (Å²) in [5.74, 6) is 0.853. The van der Waals surface area contributed by atoms with E-state index in [4.69, 9.17) is 9.47 Å². The summed E-state index contributed by atoms with van der Waals surface area (Å²) >= 11 is 0.936. The molecule has 2 amide bonds. The van der Waals surface area contributed by atoms with E-state index in [0.29, 0.717) is 22.1 Å². The van der Waals surface area contributed by atoms with Gasteiger partial charge in [0.05, 0.1) is 24.8 Å². The van der Waals surface area contributed by atoms with Gasteiger partial charge in [-0.15, -0.1) is 0 Å². The molecule has 26 heavy (non-hydrogen) atoms. The Kier molecular flexibility index (Phi) is 5.04. The van der Waals surface area contributed by atoms with Crippen LogP contribution in [0.2, 0.25) is 0 Å². The maximum absolute atomic E-state index is 12.8. The molecule has 1 fully saturated rings. The van der Waals surface area contributed by atoms with Crippen LogP contribution in [-0.4, -0.2) is 25.4 Å². The Balaban J connectivity index is 1.96. The van der Waals surface area contributed by atoms with Crippen LogP contribution in [0.3, 0.4) is 0 Å². The number of rotatable bonds is 4. The van der Waals surface area contributed by atoms with Crippen LogP contribution < -0.4 is 14.4 Å². The normalized spacial score (nSPS) is 15.7. The molecule has 0 unspecified atom stereocenters. The van der Waals surface area contributed by atoms with Crippen LogP contribution in [0.1, 0.15) is 16.7 Å². The summed E-state index contributed by atoms with van der Waals surface area (Å²) < 4.78 is 10.5. The first kappa shape index (κ1) is 18.1. The zero-order chi connectivity index (χ0) is 18.8. The van der Waals surface area contributed by atoms with Gasteiger partial charge in [0.1, 0.15) is 0 Å². The lowest BCUT2D eigenvalue weighted by molar-refractivity contribution is -0.113. The van der Waals surface area contributed by atoms with Gasteiger partial charge in [0, 0.05) is 0 Å². The zero-order valence-corrected chi connectivity index (χ0v) is 15.8. The Morgan fingerprint density at radius 3 is 2.38 bits per heavy atom. The molecule has 2 aromatic rings. The average Bonchev–Trinajstić information content (AvgIpc) is 2.90. The van der Waals surface area contributed by atoms with Crippen molar-refractivity contribution in [3.63, 3.8) is 0 Å². The molecule has 134 valence electrons. The van der Waals surface area contributed by atoms with Gasteiger partial charge in [0.2, 0.25) is 0 Å². The molecule has 0 N–H and O–H groups in total. The lowest BCUT2D eigenvalue weighted by atomic mass is 10.1. The smallest absolute Gasteiger partial charge is 0.298 e. The highest BCUT2D eigenvalue weighted by molar-refractivity contribution is 8.19. The summed E-state index contributed by atoms with van der Waals surface area (Å²) in [6, 6.07) is 11.1. The number of hydrogen-bond donors (Lipinski definition) is 0. The van der Waals surface area contributed by atoms with Gasteiger partial charge in [-0.1, -0.05) is 18.2 Å². The molecule has 1 aliphatic heterocycles. The van der Waals surface area contributed by atoms with Crippen molar-refractivity contribution in [3.8, 4) is 11.5 Å². The van der Waals surface area contributed by atoms with E-state index in [1.54, 1.807) is 32.4 Å². The third-order valence-electron chi connectivity index (χ3n) is 4.10. The van der Waals surface area contributed by atoms with Gasteiger partial charge in [0.15, 0.2) is 11.5 Å². The van der Waals surface area contributed by atoms with Crippen LogP contribution in [0.5, 0.6) is 11.5 Å². The summed E-state index contributed by atoms with van der Waals surface area (Å²) in [5, 5.41) is -0.296. The first-order valence-corrected chi connectivity index (χ1v) is 8.83. The number of nitrogens with zero attached hydrogens (tertiary/aromatic N) is 1. The van der Waals surface area contributed by atoms with Crippen molar-refractivity contribution in [3.05, 3.63) is 58.0 Å². The minimum absolute atomic E-state index is 0.296. The Morgan fingerprint density at radius 2 is 1.69 bits per heavy atom. The summed E-state index contributed by atoms with van der Waals surface area (Å²) in [4.78, 5) is 26.9. The van der Waals surface area contributed by atoms with Crippen molar-refractivity contribution < 1.29 is 19.1 Å². The van der Waals surface area contributed by atoms with E-state index < -0.39 is 0 Å². The molecule has 1 heterocycles. The lowest BCUT2D eigenvalue weighted by Crippen LogP contribution is -2.28. The monoisotopic (exact) mass is 369 g/mol. The summed E-state index contributed by atoms with van der Waals surface area (Å²) in [5.41, 5.74) is 3.26. The van der Waals surface area contributed by atoms with Crippen LogP contribution in [-0.2, 0) is 4.79 Å². The molecule has 5 nitrogen and oxygen atoms in total. The third-order valence-corrected chi connectivity index (χ3v) is 4.97.